The van der Waals surface area contributed by atoms with E-state index in [4.69, 9.17) is 4.74 Å². The van der Waals surface area contributed by atoms with Crippen molar-refractivity contribution < 1.29 is 19.2 Å². The maximum absolute atomic E-state index is 12.7. The molecule has 0 spiro atoms. The molecule has 2 aromatic heterocycles. The van der Waals surface area contributed by atoms with Crippen LogP contribution in [-0.4, -0.2) is 38.2 Å². The van der Waals surface area contributed by atoms with Crippen molar-refractivity contribution in [1.29, 1.82) is 0 Å². The molecule has 34 heavy (non-hydrogen) atoms. The Morgan fingerprint density at radius 3 is 2.62 bits per heavy atom. The number of hydrogen-bond donors (Lipinski definition) is 1. The van der Waals surface area contributed by atoms with Crippen LogP contribution < -0.4 is 5.32 Å². The molecule has 4 rings (SSSR count). The van der Waals surface area contributed by atoms with Crippen molar-refractivity contribution in [3.8, 4) is 5.82 Å². The van der Waals surface area contributed by atoms with Gasteiger partial charge in [-0.2, -0.15) is 9.78 Å². The van der Waals surface area contributed by atoms with Crippen LogP contribution in [0.4, 0.5) is 11.5 Å². The van der Waals surface area contributed by atoms with Gasteiger partial charge in [-0.1, -0.05) is 18.2 Å². The molecule has 2 aromatic carbocycles. The SMILES string of the molecule is CCOC(=O)c1cnn(-c2ccc3ccccc3n2)c1NC(=O)/C=C/c1ccc([N+](=O)[O-])cc1. The van der Waals surface area contributed by atoms with E-state index in [9.17, 15) is 19.7 Å². The molecule has 0 aliphatic heterocycles. The molecular weight excluding hydrogens is 438 g/mol. The van der Waals surface area contributed by atoms with Crippen LogP contribution in [0.15, 0.2) is 72.9 Å². The topological polar surface area (TPSA) is 129 Å². The Morgan fingerprint density at radius 1 is 1.12 bits per heavy atom. The zero-order valence-corrected chi connectivity index (χ0v) is 18.0. The first-order valence-corrected chi connectivity index (χ1v) is 10.3. The first-order chi connectivity index (χ1) is 16.5. The summed E-state index contributed by atoms with van der Waals surface area (Å²) >= 11 is 0. The fourth-order valence-corrected chi connectivity index (χ4v) is 3.21. The first kappa shape index (κ1) is 22.3. The highest BCUT2D eigenvalue weighted by Crippen LogP contribution is 2.22. The van der Waals surface area contributed by atoms with Crippen LogP contribution >= 0.6 is 0 Å². The van der Waals surface area contributed by atoms with Crippen LogP contribution in [0.5, 0.6) is 0 Å². The zero-order chi connectivity index (χ0) is 24.1. The van der Waals surface area contributed by atoms with Crippen molar-refractivity contribution in [1.82, 2.24) is 14.8 Å². The molecule has 0 saturated carbocycles. The van der Waals surface area contributed by atoms with Gasteiger partial charge >= 0.3 is 5.97 Å². The Morgan fingerprint density at radius 2 is 1.88 bits per heavy atom. The Hall–Kier alpha value is -4.86. The van der Waals surface area contributed by atoms with E-state index in [0.717, 1.165) is 10.9 Å². The number of ether oxygens (including phenoxy) is 1. The average molecular weight is 457 g/mol. The van der Waals surface area contributed by atoms with Gasteiger partial charge in [0.15, 0.2) is 11.6 Å². The number of carbonyl (C=O) groups is 2. The molecule has 0 saturated heterocycles. The van der Waals surface area contributed by atoms with E-state index in [2.05, 4.69) is 15.4 Å². The Kier molecular flexibility index (Phi) is 6.40. The number of amides is 1. The number of non-ortho nitro benzene ring substituents is 1. The third-order valence-corrected chi connectivity index (χ3v) is 4.84. The number of para-hydroxylation sites is 1. The predicted octanol–water partition coefficient (Wildman–Crippen LogP) is 4.16. The van der Waals surface area contributed by atoms with Crippen molar-refractivity contribution in [3.05, 3.63) is 94.2 Å². The lowest BCUT2D eigenvalue weighted by Gasteiger charge is -2.10. The van der Waals surface area contributed by atoms with Gasteiger partial charge in [0, 0.05) is 23.6 Å². The largest absolute Gasteiger partial charge is 0.462 e. The van der Waals surface area contributed by atoms with E-state index >= 15 is 0 Å². The lowest BCUT2D eigenvalue weighted by atomic mass is 10.2. The molecule has 0 fully saturated rings. The van der Waals surface area contributed by atoms with Crippen molar-refractivity contribution in [2.45, 2.75) is 6.92 Å². The fourth-order valence-electron chi connectivity index (χ4n) is 3.21. The van der Waals surface area contributed by atoms with Crippen LogP contribution in [0, 0.1) is 10.1 Å². The number of nitrogens with one attached hydrogen (secondary N) is 1. The van der Waals surface area contributed by atoms with E-state index in [1.54, 1.807) is 13.0 Å². The molecule has 1 N–H and O–H groups in total. The number of nitro benzene ring substituents is 1. The molecule has 0 atom stereocenters. The minimum atomic E-state index is -0.635. The average Bonchev–Trinajstić information content (AvgIpc) is 3.26. The summed E-state index contributed by atoms with van der Waals surface area (Å²) in [6.45, 7) is 1.84. The number of rotatable bonds is 7. The van der Waals surface area contributed by atoms with Crippen molar-refractivity contribution in [3.63, 3.8) is 0 Å². The summed E-state index contributed by atoms with van der Waals surface area (Å²) in [5, 5.41) is 18.6. The summed E-state index contributed by atoms with van der Waals surface area (Å²) in [6.07, 6.45) is 4.06. The molecule has 2 heterocycles. The third-order valence-electron chi connectivity index (χ3n) is 4.84. The van der Waals surface area contributed by atoms with Gasteiger partial charge < -0.3 is 10.1 Å². The number of pyridine rings is 1. The van der Waals surface area contributed by atoms with Gasteiger partial charge in [0.2, 0.25) is 5.91 Å². The van der Waals surface area contributed by atoms with Crippen molar-refractivity contribution in [2.24, 2.45) is 0 Å². The normalized spacial score (nSPS) is 11.0. The molecule has 10 nitrogen and oxygen atoms in total. The number of anilines is 1. The number of nitrogens with zero attached hydrogens (tertiary/aromatic N) is 4. The lowest BCUT2D eigenvalue weighted by Crippen LogP contribution is -2.16. The molecule has 0 unspecified atom stereocenters. The zero-order valence-electron chi connectivity index (χ0n) is 18.0. The minimum absolute atomic E-state index is 0.0486. The second-order valence-electron chi connectivity index (χ2n) is 7.07. The molecular formula is C24H19N5O5. The van der Waals surface area contributed by atoms with Crippen molar-refractivity contribution in [2.75, 3.05) is 11.9 Å². The number of benzene rings is 2. The number of nitro groups is 1. The number of carbonyl (C=O) groups excluding carboxylic acids is 2. The van der Waals surface area contributed by atoms with Gasteiger partial charge in [-0.15, -0.1) is 0 Å². The molecule has 0 radical (unpaired) electrons. The van der Waals surface area contributed by atoms with Gasteiger partial charge in [0.1, 0.15) is 5.56 Å². The highest BCUT2D eigenvalue weighted by Gasteiger charge is 2.21. The summed E-state index contributed by atoms with van der Waals surface area (Å²) in [5.74, 6) is -0.654. The number of aromatic nitrogens is 3. The smallest absolute Gasteiger partial charge is 0.343 e. The number of fused-ring (bicyclic) bond motifs is 1. The monoisotopic (exact) mass is 457 g/mol. The second-order valence-corrected chi connectivity index (χ2v) is 7.07. The summed E-state index contributed by atoms with van der Waals surface area (Å²) in [7, 11) is 0. The maximum atomic E-state index is 12.7. The second kappa shape index (κ2) is 9.74. The summed E-state index contributed by atoms with van der Waals surface area (Å²) < 4.78 is 6.45. The van der Waals surface area contributed by atoms with Crippen LogP contribution in [0.2, 0.25) is 0 Å². The van der Waals surface area contributed by atoms with Gasteiger partial charge in [-0.3, -0.25) is 14.9 Å². The molecule has 0 bridgehead atoms. The van der Waals surface area contributed by atoms with E-state index < -0.39 is 16.8 Å². The van der Waals surface area contributed by atoms with Crippen molar-refractivity contribution >= 4 is 40.4 Å². The molecule has 170 valence electrons. The number of esters is 1. The first-order valence-electron chi connectivity index (χ1n) is 10.3. The summed E-state index contributed by atoms with van der Waals surface area (Å²) in [4.78, 5) is 40.0. The Balaban J connectivity index is 1.64. The summed E-state index contributed by atoms with van der Waals surface area (Å²) in [5.41, 5.74) is 1.35. The molecule has 10 heteroatoms. The van der Waals surface area contributed by atoms with Gasteiger partial charge in [0.05, 0.1) is 23.2 Å². The predicted molar refractivity (Wildman–Crippen MR) is 126 cm³/mol. The molecule has 4 aromatic rings. The number of hydrogen-bond acceptors (Lipinski definition) is 7. The van der Waals surface area contributed by atoms with E-state index in [0.29, 0.717) is 11.4 Å². The van der Waals surface area contributed by atoms with Crippen LogP contribution in [0.1, 0.15) is 22.8 Å². The van der Waals surface area contributed by atoms with Gasteiger partial charge in [-0.05, 0) is 48.9 Å². The highest BCUT2D eigenvalue weighted by molar-refractivity contribution is 6.05. The molecule has 1 amide bonds. The third kappa shape index (κ3) is 4.80. The molecule has 0 aliphatic carbocycles. The van der Waals surface area contributed by atoms with Crippen LogP contribution in [-0.2, 0) is 9.53 Å². The van der Waals surface area contributed by atoms with Crippen LogP contribution in [0.3, 0.4) is 0 Å². The Labute approximate surface area is 193 Å². The highest BCUT2D eigenvalue weighted by atomic mass is 16.6. The van der Waals surface area contributed by atoms with Gasteiger partial charge in [0.25, 0.3) is 5.69 Å². The standard InChI is InChI=1S/C24H19N5O5/c1-2-34-24(31)19-15-25-28(21-13-10-17-5-3-4-6-20(17)26-21)23(19)27-22(30)14-9-16-7-11-18(12-8-16)29(32)33/h3-15H,2H2,1H3,(H,27,30)/b14-9+. The van der Waals surface area contributed by atoms with E-state index in [-0.39, 0.29) is 23.7 Å². The Bertz CT molecular complexity index is 1410. The van der Waals surface area contributed by atoms with E-state index in [1.807, 2.05) is 30.3 Å². The lowest BCUT2D eigenvalue weighted by molar-refractivity contribution is -0.384. The van der Waals surface area contributed by atoms with Crippen LogP contribution in [0.25, 0.3) is 22.8 Å². The maximum Gasteiger partial charge on any atom is 0.343 e. The molecule has 0 aliphatic rings. The quantitative estimate of drug-likeness (QED) is 0.191. The van der Waals surface area contributed by atoms with Gasteiger partial charge in [-0.25, -0.2) is 9.78 Å². The summed E-state index contributed by atoms with van der Waals surface area (Å²) in [6, 6.07) is 16.9. The fraction of sp³-hybridized carbons (Fsp3) is 0.0833. The minimum Gasteiger partial charge on any atom is -0.462 e. The van der Waals surface area contributed by atoms with E-state index in [1.165, 1.54) is 47.3 Å².